The zero-order chi connectivity index (χ0) is 20.9. The van der Waals surface area contributed by atoms with Gasteiger partial charge < -0.3 is 10.2 Å². The molecule has 0 radical (unpaired) electrons. The minimum Gasteiger partial charge on any atom is -0.317 e. The van der Waals surface area contributed by atoms with Crippen molar-refractivity contribution in [3.63, 3.8) is 0 Å². The van der Waals surface area contributed by atoms with Crippen LogP contribution in [0, 0.1) is 24.5 Å². The zero-order valence-corrected chi connectivity index (χ0v) is 17.4. The van der Waals surface area contributed by atoms with E-state index in [1.54, 1.807) is 4.90 Å². The second-order valence-corrected chi connectivity index (χ2v) is 9.25. The second-order valence-electron chi connectivity index (χ2n) is 9.25. The van der Waals surface area contributed by atoms with Gasteiger partial charge in [-0.15, -0.1) is 0 Å². The molecule has 30 heavy (non-hydrogen) atoms. The molecule has 1 atom stereocenters. The number of carbonyl (C=O) groups is 1. The SMILES string of the molecule is Cc1ccc2c(c1)C1(CCNCC1)[C@@H](CC1CCC1)N2C(=O)c1c(F)cccc1F. The third-order valence-corrected chi connectivity index (χ3v) is 7.57. The van der Waals surface area contributed by atoms with Crippen molar-refractivity contribution < 1.29 is 13.6 Å². The molecule has 2 heterocycles. The Bertz CT molecular complexity index is 959. The topological polar surface area (TPSA) is 32.3 Å². The molecule has 1 aliphatic carbocycles. The third kappa shape index (κ3) is 2.97. The Balaban J connectivity index is 1.66. The van der Waals surface area contributed by atoms with Crippen LogP contribution >= 0.6 is 0 Å². The molecule has 2 fully saturated rings. The fraction of sp³-hybridized carbons (Fsp3) is 0.480. The Morgan fingerprint density at radius 2 is 1.83 bits per heavy atom. The van der Waals surface area contributed by atoms with Crippen molar-refractivity contribution in [2.24, 2.45) is 5.92 Å². The number of anilines is 1. The van der Waals surface area contributed by atoms with Gasteiger partial charge in [-0.05, 0) is 69.0 Å². The molecule has 2 aromatic carbocycles. The standard InChI is InChI=1S/C25H28F2N2O/c1-16-8-9-21-18(14-16)25(10-12-28-13-11-25)22(15-17-4-2-5-17)29(21)24(30)23-19(26)6-3-7-20(23)27/h3,6-9,14,17,22,28H,2,4-5,10-13,15H2,1H3/t22-/m1/s1. The van der Waals surface area contributed by atoms with Gasteiger partial charge in [0.2, 0.25) is 0 Å². The Morgan fingerprint density at radius 1 is 1.13 bits per heavy atom. The molecular formula is C25H28F2N2O. The molecule has 1 spiro atoms. The normalized spacial score (nSPS) is 22.8. The monoisotopic (exact) mass is 410 g/mol. The summed E-state index contributed by atoms with van der Waals surface area (Å²) in [5.41, 5.74) is 2.58. The second kappa shape index (κ2) is 7.45. The molecule has 158 valence electrons. The van der Waals surface area contributed by atoms with Crippen LogP contribution in [0.25, 0.3) is 0 Å². The minimum absolute atomic E-state index is 0.0618. The van der Waals surface area contributed by atoms with Gasteiger partial charge in [-0.2, -0.15) is 0 Å². The van der Waals surface area contributed by atoms with E-state index in [-0.39, 0.29) is 11.5 Å². The van der Waals surface area contributed by atoms with Crippen LogP contribution in [0.4, 0.5) is 14.5 Å². The smallest absolute Gasteiger partial charge is 0.264 e. The first kappa shape index (κ1) is 19.7. The highest BCUT2D eigenvalue weighted by Crippen LogP contribution is 2.54. The summed E-state index contributed by atoms with van der Waals surface area (Å²) in [6.45, 7) is 3.85. The summed E-state index contributed by atoms with van der Waals surface area (Å²) in [4.78, 5) is 15.4. The molecular weight excluding hydrogens is 382 g/mol. The lowest BCUT2D eigenvalue weighted by atomic mass is 9.66. The fourth-order valence-corrected chi connectivity index (χ4v) is 5.78. The third-order valence-electron chi connectivity index (χ3n) is 7.57. The lowest BCUT2D eigenvalue weighted by Gasteiger charge is -2.44. The molecule has 2 aliphatic heterocycles. The zero-order valence-electron chi connectivity index (χ0n) is 17.4. The van der Waals surface area contributed by atoms with Crippen molar-refractivity contribution >= 4 is 11.6 Å². The highest BCUT2D eigenvalue weighted by atomic mass is 19.1. The molecule has 1 saturated heterocycles. The van der Waals surface area contributed by atoms with Crippen LogP contribution < -0.4 is 10.2 Å². The number of benzene rings is 2. The van der Waals surface area contributed by atoms with E-state index in [9.17, 15) is 13.6 Å². The predicted molar refractivity (Wildman–Crippen MR) is 114 cm³/mol. The molecule has 5 heteroatoms. The van der Waals surface area contributed by atoms with Gasteiger partial charge >= 0.3 is 0 Å². The minimum atomic E-state index is -0.790. The van der Waals surface area contributed by atoms with Gasteiger partial charge in [-0.3, -0.25) is 4.79 Å². The van der Waals surface area contributed by atoms with Crippen molar-refractivity contribution in [1.29, 1.82) is 0 Å². The summed E-state index contributed by atoms with van der Waals surface area (Å²) in [6.07, 6.45) is 6.35. The number of piperidine rings is 1. The van der Waals surface area contributed by atoms with Crippen molar-refractivity contribution in [2.45, 2.75) is 56.9 Å². The molecule has 0 bridgehead atoms. The van der Waals surface area contributed by atoms with E-state index in [4.69, 9.17) is 0 Å². The molecule has 3 aliphatic rings. The highest BCUT2D eigenvalue weighted by molar-refractivity contribution is 6.08. The maximum Gasteiger partial charge on any atom is 0.264 e. The number of hydrogen-bond donors (Lipinski definition) is 1. The van der Waals surface area contributed by atoms with E-state index in [1.807, 2.05) is 12.1 Å². The lowest BCUT2D eigenvalue weighted by Crippen LogP contribution is -2.53. The van der Waals surface area contributed by atoms with Crippen LogP contribution in [0.3, 0.4) is 0 Å². The molecule has 0 unspecified atom stereocenters. The summed E-state index contributed by atoms with van der Waals surface area (Å²) >= 11 is 0. The Labute approximate surface area is 176 Å². The van der Waals surface area contributed by atoms with Crippen molar-refractivity contribution in [2.75, 3.05) is 18.0 Å². The van der Waals surface area contributed by atoms with E-state index >= 15 is 0 Å². The van der Waals surface area contributed by atoms with Crippen LogP contribution in [0.5, 0.6) is 0 Å². The van der Waals surface area contributed by atoms with Gasteiger partial charge in [0.15, 0.2) is 0 Å². The molecule has 5 rings (SSSR count). The quantitative estimate of drug-likeness (QED) is 0.762. The van der Waals surface area contributed by atoms with Crippen LogP contribution in [0.1, 0.15) is 60.0 Å². The molecule has 1 amide bonds. The van der Waals surface area contributed by atoms with Gasteiger partial charge in [0.25, 0.3) is 5.91 Å². The van der Waals surface area contributed by atoms with E-state index in [0.29, 0.717) is 5.92 Å². The van der Waals surface area contributed by atoms with Gasteiger partial charge in [-0.25, -0.2) is 8.78 Å². The van der Waals surface area contributed by atoms with E-state index in [0.717, 1.165) is 43.6 Å². The first-order valence-electron chi connectivity index (χ1n) is 11.1. The summed E-state index contributed by atoms with van der Waals surface area (Å²) in [6, 6.07) is 9.76. The maximum absolute atomic E-state index is 14.6. The van der Waals surface area contributed by atoms with Crippen molar-refractivity contribution in [3.05, 3.63) is 64.7 Å². The average molecular weight is 411 g/mol. The summed E-state index contributed by atoms with van der Waals surface area (Å²) in [5.74, 6) is -1.54. The van der Waals surface area contributed by atoms with E-state index < -0.39 is 23.1 Å². The van der Waals surface area contributed by atoms with Gasteiger partial charge in [0, 0.05) is 17.1 Å². The number of rotatable bonds is 3. The summed E-state index contributed by atoms with van der Waals surface area (Å²) in [5, 5.41) is 3.45. The summed E-state index contributed by atoms with van der Waals surface area (Å²) in [7, 11) is 0. The van der Waals surface area contributed by atoms with Crippen molar-refractivity contribution in [3.8, 4) is 0 Å². The van der Waals surface area contributed by atoms with E-state index in [2.05, 4.69) is 18.3 Å². The summed E-state index contributed by atoms with van der Waals surface area (Å²) < 4.78 is 29.2. The largest absolute Gasteiger partial charge is 0.317 e. The predicted octanol–water partition coefficient (Wildman–Crippen LogP) is 5.11. The number of aryl methyl sites for hydroxylation is 1. The van der Waals surface area contributed by atoms with Gasteiger partial charge in [0.05, 0.1) is 0 Å². The number of hydrogen-bond acceptors (Lipinski definition) is 2. The Hall–Kier alpha value is -2.27. The Kier molecular flexibility index (Phi) is 4.89. The van der Waals surface area contributed by atoms with Crippen LogP contribution in [-0.2, 0) is 5.41 Å². The molecule has 1 saturated carbocycles. The fourth-order valence-electron chi connectivity index (χ4n) is 5.78. The molecule has 2 aromatic rings. The molecule has 0 aromatic heterocycles. The number of amides is 1. The van der Waals surface area contributed by atoms with Crippen LogP contribution in [0.2, 0.25) is 0 Å². The average Bonchev–Trinajstić information content (AvgIpc) is 2.94. The first-order chi connectivity index (χ1) is 14.5. The number of carbonyl (C=O) groups excluding carboxylic acids is 1. The highest BCUT2D eigenvalue weighted by Gasteiger charge is 2.54. The first-order valence-corrected chi connectivity index (χ1v) is 11.1. The number of nitrogens with one attached hydrogen (secondary N) is 1. The van der Waals surface area contributed by atoms with Gasteiger partial charge in [0.1, 0.15) is 17.2 Å². The Morgan fingerprint density at radius 3 is 2.47 bits per heavy atom. The lowest BCUT2D eigenvalue weighted by molar-refractivity contribution is 0.0941. The van der Waals surface area contributed by atoms with Crippen LogP contribution in [0.15, 0.2) is 36.4 Å². The maximum atomic E-state index is 14.6. The number of nitrogens with zero attached hydrogens (tertiary/aromatic N) is 1. The molecule has 3 nitrogen and oxygen atoms in total. The van der Waals surface area contributed by atoms with Gasteiger partial charge in [-0.1, -0.05) is 43.0 Å². The molecule has 1 N–H and O–H groups in total. The number of fused-ring (bicyclic) bond motifs is 2. The van der Waals surface area contributed by atoms with E-state index in [1.165, 1.54) is 43.0 Å². The van der Waals surface area contributed by atoms with Crippen molar-refractivity contribution in [1.82, 2.24) is 5.32 Å². The van der Waals surface area contributed by atoms with Crippen LogP contribution in [-0.4, -0.2) is 25.0 Å². The number of halogens is 2.